The Morgan fingerprint density at radius 3 is 2.69 bits per heavy atom. The second kappa shape index (κ2) is 5.35. The second-order valence-electron chi connectivity index (χ2n) is 3.15. The zero-order valence-corrected chi connectivity index (χ0v) is 9.50. The summed E-state index contributed by atoms with van der Waals surface area (Å²) in [6, 6.07) is 0. The molecule has 0 aliphatic carbocycles. The summed E-state index contributed by atoms with van der Waals surface area (Å²) in [5.41, 5.74) is 1.20. The molecule has 0 bridgehead atoms. The lowest BCUT2D eigenvalue weighted by atomic mass is 10.4. The molecule has 0 aliphatic heterocycles. The molecule has 13 heavy (non-hydrogen) atoms. The van der Waals surface area contributed by atoms with Gasteiger partial charge in [-0.3, -0.25) is 0 Å². The molecule has 0 aliphatic rings. The topological polar surface area (TPSA) is 24.9 Å². The molecule has 0 saturated heterocycles. The average molecular weight is 198 g/mol. The van der Waals surface area contributed by atoms with Gasteiger partial charge in [0.25, 0.3) is 0 Å². The fourth-order valence-corrected chi connectivity index (χ4v) is 2.16. The highest BCUT2D eigenvalue weighted by atomic mass is 32.1. The fourth-order valence-electron chi connectivity index (χ4n) is 1.18. The molecule has 1 aromatic rings. The minimum atomic E-state index is 0.983. The number of nitrogens with one attached hydrogen (secondary N) is 1. The van der Waals surface area contributed by atoms with Crippen LogP contribution in [-0.2, 0) is 13.0 Å². The van der Waals surface area contributed by atoms with Crippen molar-refractivity contribution in [1.82, 2.24) is 10.3 Å². The Bertz CT molecular complexity index is 255. The molecule has 0 atom stereocenters. The van der Waals surface area contributed by atoms with E-state index in [2.05, 4.69) is 31.1 Å². The SMILES string of the molecule is CCCNCc1sc(CC)nc1C. The smallest absolute Gasteiger partial charge is 0.0928 e. The predicted octanol–water partition coefficient (Wildman–Crippen LogP) is 2.51. The molecule has 1 heterocycles. The monoisotopic (exact) mass is 198 g/mol. The van der Waals surface area contributed by atoms with Crippen molar-refractivity contribution >= 4 is 11.3 Å². The molecule has 0 unspecified atom stereocenters. The van der Waals surface area contributed by atoms with Gasteiger partial charge in [0.2, 0.25) is 0 Å². The maximum absolute atomic E-state index is 4.49. The zero-order valence-electron chi connectivity index (χ0n) is 8.68. The maximum Gasteiger partial charge on any atom is 0.0928 e. The van der Waals surface area contributed by atoms with Crippen molar-refractivity contribution in [3.63, 3.8) is 0 Å². The quantitative estimate of drug-likeness (QED) is 0.735. The first-order chi connectivity index (χ1) is 6.27. The standard InChI is InChI=1S/C10H18N2S/c1-4-6-11-7-9-8(3)12-10(5-2)13-9/h11H,4-7H2,1-3H3. The molecule has 2 nitrogen and oxygen atoms in total. The van der Waals surface area contributed by atoms with Crippen LogP contribution in [0.5, 0.6) is 0 Å². The maximum atomic E-state index is 4.49. The largest absolute Gasteiger partial charge is 0.312 e. The van der Waals surface area contributed by atoms with Crippen LogP contribution < -0.4 is 5.32 Å². The lowest BCUT2D eigenvalue weighted by Crippen LogP contribution is -2.13. The van der Waals surface area contributed by atoms with Gasteiger partial charge < -0.3 is 5.32 Å². The summed E-state index contributed by atoms with van der Waals surface area (Å²) in [6.45, 7) is 8.51. The van der Waals surface area contributed by atoms with Crippen LogP contribution in [0.25, 0.3) is 0 Å². The first kappa shape index (κ1) is 10.7. The Balaban J connectivity index is 2.50. The first-order valence-corrected chi connectivity index (χ1v) is 5.75. The van der Waals surface area contributed by atoms with Gasteiger partial charge in [0, 0.05) is 11.4 Å². The molecular weight excluding hydrogens is 180 g/mol. The van der Waals surface area contributed by atoms with Gasteiger partial charge in [-0.2, -0.15) is 0 Å². The molecule has 0 fully saturated rings. The first-order valence-electron chi connectivity index (χ1n) is 4.93. The molecule has 3 heteroatoms. The lowest BCUT2D eigenvalue weighted by molar-refractivity contribution is 0.678. The van der Waals surface area contributed by atoms with Crippen LogP contribution in [0.4, 0.5) is 0 Å². The highest BCUT2D eigenvalue weighted by Crippen LogP contribution is 2.17. The second-order valence-corrected chi connectivity index (χ2v) is 4.31. The van der Waals surface area contributed by atoms with Gasteiger partial charge in [-0.05, 0) is 26.3 Å². The lowest BCUT2D eigenvalue weighted by Gasteiger charge is -1.99. The van der Waals surface area contributed by atoms with E-state index < -0.39 is 0 Å². The van der Waals surface area contributed by atoms with E-state index in [-0.39, 0.29) is 0 Å². The summed E-state index contributed by atoms with van der Waals surface area (Å²) < 4.78 is 0. The molecule has 74 valence electrons. The van der Waals surface area contributed by atoms with Crippen LogP contribution in [0.15, 0.2) is 0 Å². The third-order valence-corrected chi connectivity index (χ3v) is 3.25. The Kier molecular flexibility index (Phi) is 4.39. The highest BCUT2D eigenvalue weighted by molar-refractivity contribution is 7.11. The average Bonchev–Trinajstić information content (AvgIpc) is 2.48. The van der Waals surface area contributed by atoms with Crippen LogP contribution in [-0.4, -0.2) is 11.5 Å². The van der Waals surface area contributed by atoms with Crippen molar-refractivity contribution in [3.05, 3.63) is 15.6 Å². The van der Waals surface area contributed by atoms with Gasteiger partial charge in [-0.1, -0.05) is 13.8 Å². The molecule has 1 rings (SSSR count). The van der Waals surface area contributed by atoms with Gasteiger partial charge in [-0.15, -0.1) is 11.3 Å². The normalized spacial score (nSPS) is 10.7. The van der Waals surface area contributed by atoms with E-state index >= 15 is 0 Å². The van der Waals surface area contributed by atoms with Crippen molar-refractivity contribution in [2.45, 2.75) is 40.2 Å². The van der Waals surface area contributed by atoms with Gasteiger partial charge >= 0.3 is 0 Å². The van der Waals surface area contributed by atoms with Crippen molar-refractivity contribution in [2.24, 2.45) is 0 Å². The number of aromatic nitrogens is 1. The van der Waals surface area contributed by atoms with E-state index in [1.165, 1.54) is 22.0 Å². The third-order valence-electron chi connectivity index (χ3n) is 1.95. The fraction of sp³-hybridized carbons (Fsp3) is 0.700. The molecule has 0 saturated carbocycles. The molecular formula is C10H18N2S. The van der Waals surface area contributed by atoms with E-state index in [1.54, 1.807) is 0 Å². The number of nitrogens with zero attached hydrogens (tertiary/aromatic N) is 1. The summed E-state index contributed by atoms with van der Waals surface area (Å²) in [6.07, 6.45) is 2.25. The van der Waals surface area contributed by atoms with Crippen molar-refractivity contribution in [3.8, 4) is 0 Å². The summed E-state index contributed by atoms with van der Waals surface area (Å²) in [4.78, 5) is 5.88. The van der Waals surface area contributed by atoms with E-state index in [0.29, 0.717) is 0 Å². The number of rotatable bonds is 5. The molecule has 0 radical (unpaired) electrons. The summed E-state index contributed by atoms with van der Waals surface area (Å²) in [5.74, 6) is 0. The Hall–Kier alpha value is -0.410. The van der Waals surface area contributed by atoms with Crippen molar-refractivity contribution in [1.29, 1.82) is 0 Å². The van der Waals surface area contributed by atoms with Crippen LogP contribution in [0.2, 0.25) is 0 Å². The Morgan fingerprint density at radius 1 is 1.38 bits per heavy atom. The number of thiazole rings is 1. The van der Waals surface area contributed by atoms with E-state index in [0.717, 1.165) is 19.5 Å². The summed E-state index contributed by atoms with van der Waals surface area (Å²) >= 11 is 1.84. The van der Waals surface area contributed by atoms with Crippen LogP contribution in [0.1, 0.15) is 35.8 Å². The van der Waals surface area contributed by atoms with Crippen molar-refractivity contribution in [2.75, 3.05) is 6.54 Å². The Morgan fingerprint density at radius 2 is 2.15 bits per heavy atom. The number of aryl methyl sites for hydroxylation is 2. The minimum absolute atomic E-state index is 0.983. The molecule has 1 N–H and O–H groups in total. The number of hydrogen-bond acceptors (Lipinski definition) is 3. The number of hydrogen-bond donors (Lipinski definition) is 1. The van der Waals surface area contributed by atoms with Crippen LogP contribution in [0, 0.1) is 6.92 Å². The zero-order chi connectivity index (χ0) is 9.68. The minimum Gasteiger partial charge on any atom is -0.312 e. The summed E-state index contributed by atoms with van der Waals surface area (Å²) in [7, 11) is 0. The van der Waals surface area contributed by atoms with Crippen LogP contribution in [0.3, 0.4) is 0 Å². The van der Waals surface area contributed by atoms with Crippen LogP contribution >= 0.6 is 11.3 Å². The van der Waals surface area contributed by atoms with Gasteiger partial charge in [0.1, 0.15) is 0 Å². The predicted molar refractivity (Wildman–Crippen MR) is 58.2 cm³/mol. The van der Waals surface area contributed by atoms with E-state index in [9.17, 15) is 0 Å². The van der Waals surface area contributed by atoms with Gasteiger partial charge in [0.05, 0.1) is 10.7 Å². The van der Waals surface area contributed by atoms with Gasteiger partial charge in [-0.25, -0.2) is 4.98 Å². The van der Waals surface area contributed by atoms with Crippen molar-refractivity contribution < 1.29 is 0 Å². The third kappa shape index (κ3) is 3.08. The van der Waals surface area contributed by atoms with E-state index in [4.69, 9.17) is 0 Å². The summed E-state index contributed by atoms with van der Waals surface area (Å²) in [5, 5.41) is 4.66. The van der Waals surface area contributed by atoms with Gasteiger partial charge in [0.15, 0.2) is 0 Å². The highest BCUT2D eigenvalue weighted by Gasteiger charge is 2.04. The molecule has 0 aromatic carbocycles. The molecule has 1 aromatic heterocycles. The van der Waals surface area contributed by atoms with E-state index in [1.807, 2.05) is 11.3 Å². The molecule has 0 amide bonds. The Labute approximate surface area is 84.4 Å². The molecule has 0 spiro atoms.